The first-order valence-electron chi connectivity index (χ1n) is 5.93. The molecule has 0 amide bonds. The van der Waals surface area contributed by atoms with Crippen molar-refractivity contribution in [2.24, 2.45) is 10.9 Å². The van der Waals surface area contributed by atoms with E-state index in [1.54, 1.807) is 12.1 Å². The van der Waals surface area contributed by atoms with Crippen molar-refractivity contribution in [1.29, 1.82) is 0 Å². The Hall–Kier alpha value is -2.48. The molecule has 0 bridgehead atoms. The number of amidine groups is 1. The summed E-state index contributed by atoms with van der Waals surface area (Å²) < 4.78 is 18.4. The molecule has 0 aliphatic heterocycles. The molecule has 0 saturated heterocycles. The number of hydrogen-bond donors (Lipinski definition) is 3. The summed E-state index contributed by atoms with van der Waals surface area (Å²) in [5, 5.41) is 18.1. The lowest BCUT2D eigenvalue weighted by atomic mass is 10.1. The third-order valence-corrected chi connectivity index (χ3v) is 2.70. The van der Waals surface area contributed by atoms with Crippen molar-refractivity contribution in [3.8, 4) is 0 Å². The number of hydrogen-bond acceptors (Lipinski definition) is 6. The minimum atomic E-state index is -0.416. The lowest BCUT2D eigenvalue weighted by molar-refractivity contribution is 0.318. The van der Waals surface area contributed by atoms with Crippen LogP contribution in [0.2, 0.25) is 0 Å². The number of oxime groups is 1. The van der Waals surface area contributed by atoms with E-state index in [4.69, 9.17) is 10.9 Å². The molecule has 8 heteroatoms. The molecule has 0 spiro atoms. The minimum Gasteiger partial charge on any atom is -0.409 e. The molecule has 7 nitrogen and oxygen atoms in total. The Morgan fingerprint density at radius 2 is 2.35 bits per heavy atom. The highest BCUT2D eigenvalue weighted by Crippen LogP contribution is 2.10. The predicted octanol–water partition coefficient (Wildman–Crippen LogP) is 0.635. The zero-order valence-corrected chi connectivity index (χ0v) is 10.6. The van der Waals surface area contributed by atoms with Gasteiger partial charge in [0.25, 0.3) is 0 Å². The molecule has 1 aromatic carbocycles. The second kappa shape index (κ2) is 6.62. The van der Waals surface area contributed by atoms with Crippen LogP contribution in [0, 0.1) is 5.82 Å². The number of nitrogens with two attached hydrogens (primary N) is 1. The highest BCUT2D eigenvalue weighted by molar-refractivity contribution is 5.97. The molecule has 0 saturated carbocycles. The van der Waals surface area contributed by atoms with Gasteiger partial charge >= 0.3 is 0 Å². The van der Waals surface area contributed by atoms with Crippen molar-refractivity contribution in [1.82, 2.24) is 15.5 Å². The van der Waals surface area contributed by atoms with Gasteiger partial charge in [0.1, 0.15) is 5.82 Å². The zero-order valence-electron chi connectivity index (χ0n) is 10.6. The van der Waals surface area contributed by atoms with E-state index in [-0.39, 0.29) is 5.84 Å². The second-order valence-electron chi connectivity index (χ2n) is 4.07. The fourth-order valence-corrected chi connectivity index (χ4v) is 1.63. The molecular weight excluding hydrogens is 265 g/mol. The molecular formula is C12H14FN5O2. The maximum atomic E-state index is 13.8. The van der Waals surface area contributed by atoms with Gasteiger partial charge in [0, 0.05) is 30.6 Å². The van der Waals surface area contributed by atoms with Crippen molar-refractivity contribution < 1.29 is 14.1 Å². The molecule has 2 aromatic rings. The summed E-state index contributed by atoms with van der Waals surface area (Å²) in [6, 6.07) is 4.41. The Morgan fingerprint density at radius 1 is 1.50 bits per heavy atom. The molecule has 0 radical (unpaired) electrons. The highest BCUT2D eigenvalue weighted by Gasteiger charge is 2.06. The van der Waals surface area contributed by atoms with Gasteiger partial charge in [-0.3, -0.25) is 0 Å². The monoisotopic (exact) mass is 279 g/mol. The van der Waals surface area contributed by atoms with Gasteiger partial charge < -0.3 is 20.8 Å². The quantitative estimate of drug-likeness (QED) is 0.235. The van der Waals surface area contributed by atoms with Crippen molar-refractivity contribution in [3.05, 3.63) is 47.4 Å². The number of nitrogens with one attached hydrogen (secondary N) is 1. The summed E-state index contributed by atoms with van der Waals surface area (Å²) in [6.07, 6.45) is 1.86. The number of rotatable bonds is 6. The fourth-order valence-electron chi connectivity index (χ4n) is 1.63. The minimum absolute atomic E-state index is 0.125. The molecule has 0 unspecified atom stereocenters. The van der Waals surface area contributed by atoms with Gasteiger partial charge in [-0.05, 0) is 6.07 Å². The maximum Gasteiger partial charge on any atom is 0.213 e. The zero-order chi connectivity index (χ0) is 14.4. The molecule has 20 heavy (non-hydrogen) atoms. The van der Waals surface area contributed by atoms with Gasteiger partial charge in [-0.15, -0.1) is 0 Å². The Bertz CT molecular complexity index is 586. The van der Waals surface area contributed by atoms with E-state index in [0.29, 0.717) is 36.5 Å². The number of halogens is 1. The average Bonchev–Trinajstić information content (AvgIpc) is 2.97. The molecule has 4 N–H and O–H groups in total. The van der Waals surface area contributed by atoms with Crippen LogP contribution in [0.1, 0.15) is 17.0 Å². The van der Waals surface area contributed by atoms with E-state index in [9.17, 15) is 4.39 Å². The molecule has 106 valence electrons. The summed E-state index contributed by atoms with van der Waals surface area (Å²) in [7, 11) is 0. The Balaban J connectivity index is 1.87. The SMILES string of the molecule is N/C(=N/O)c1ccc(CNCCc2ncon2)c(F)c1. The lowest BCUT2D eigenvalue weighted by Crippen LogP contribution is -2.19. The van der Waals surface area contributed by atoms with Gasteiger partial charge in [0.05, 0.1) is 0 Å². The van der Waals surface area contributed by atoms with E-state index < -0.39 is 5.82 Å². The van der Waals surface area contributed by atoms with Gasteiger partial charge in [-0.2, -0.15) is 4.98 Å². The van der Waals surface area contributed by atoms with Crippen LogP contribution in [0.25, 0.3) is 0 Å². The van der Waals surface area contributed by atoms with E-state index >= 15 is 0 Å². The summed E-state index contributed by atoms with van der Waals surface area (Å²) in [5.41, 5.74) is 6.21. The summed E-state index contributed by atoms with van der Waals surface area (Å²) >= 11 is 0. The van der Waals surface area contributed by atoms with Crippen LogP contribution in [0.4, 0.5) is 4.39 Å². The highest BCUT2D eigenvalue weighted by atomic mass is 19.1. The standard InChI is InChI=1S/C12H14FN5O2/c13-10-5-8(12(14)17-19)1-2-9(10)6-15-4-3-11-16-7-20-18-11/h1-2,5,7,15,19H,3-4,6H2,(H2,14,17). The molecule has 0 atom stereocenters. The first-order chi connectivity index (χ1) is 9.70. The van der Waals surface area contributed by atoms with E-state index in [0.717, 1.165) is 0 Å². The summed E-state index contributed by atoms with van der Waals surface area (Å²) in [5.74, 6) is 0.0573. The van der Waals surface area contributed by atoms with Crippen LogP contribution in [0.3, 0.4) is 0 Å². The smallest absolute Gasteiger partial charge is 0.213 e. The first kappa shape index (κ1) is 13.9. The topological polar surface area (TPSA) is 110 Å². The van der Waals surface area contributed by atoms with Crippen LogP contribution in [0.5, 0.6) is 0 Å². The maximum absolute atomic E-state index is 13.8. The van der Waals surface area contributed by atoms with Crippen molar-refractivity contribution in [2.45, 2.75) is 13.0 Å². The predicted molar refractivity (Wildman–Crippen MR) is 68.6 cm³/mol. The Kier molecular flexibility index (Phi) is 4.61. The number of nitrogens with zero attached hydrogens (tertiary/aromatic N) is 3. The van der Waals surface area contributed by atoms with Crippen LogP contribution in [-0.2, 0) is 13.0 Å². The largest absolute Gasteiger partial charge is 0.409 e. The van der Waals surface area contributed by atoms with Gasteiger partial charge in [0.15, 0.2) is 11.7 Å². The number of benzene rings is 1. The van der Waals surface area contributed by atoms with Gasteiger partial charge in [0.2, 0.25) is 6.39 Å². The van der Waals surface area contributed by atoms with Crippen LogP contribution in [0.15, 0.2) is 34.3 Å². The Labute approximate surface area is 114 Å². The van der Waals surface area contributed by atoms with Crippen LogP contribution < -0.4 is 11.1 Å². The third kappa shape index (κ3) is 3.51. The second-order valence-corrected chi connectivity index (χ2v) is 4.07. The van der Waals surface area contributed by atoms with Crippen LogP contribution >= 0.6 is 0 Å². The van der Waals surface area contributed by atoms with Crippen LogP contribution in [-0.4, -0.2) is 27.7 Å². The van der Waals surface area contributed by atoms with Crippen molar-refractivity contribution in [3.63, 3.8) is 0 Å². The average molecular weight is 279 g/mol. The first-order valence-corrected chi connectivity index (χ1v) is 5.93. The van der Waals surface area contributed by atoms with Gasteiger partial charge in [-0.25, -0.2) is 4.39 Å². The lowest BCUT2D eigenvalue weighted by Gasteiger charge is -2.06. The van der Waals surface area contributed by atoms with E-state index in [1.807, 2.05) is 0 Å². The Morgan fingerprint density at radius 3 is 3.00 bits per heavy atom. The van der Waals surface area contributed by atoms with Gasteiger partial charge in [-0.1, -0.05) is 22.4 Å². The third-order valence-electron chi connectivity index (χ3n) is 2.70. The van der Waals surface area contributed by atoms with E-state index in [2.05, 4.69) is 25.1 Å². The van der Waals surface area contributed by atoms with Crippen molar-refractivity contribution >= 4 is 5.84 Å². The summed E-state index contributed by atoms with van der Waals surface area (Å²) in [6.45, 7) is 0.959. The molecule has 0 fully saturated rings. The molecule has 2 rings (SSSR count). The molecule has 1 heterocycles. The normalized spacial score (nSPS) is 11.8. The fraction of sp³-hybridized carbons (Fsp3) is 0.250. The van der Waals surface area contributed by atoms with Crippen molar-refractivity contribution in [2.75, 3.05) is 6.54 Å². The van der Waals surface area contributed by atoms with E-state index in [1.165, 1.54) is 12.5 Å². The molecule has 0 aliphatic carbocycles. The molecule has 1 aromatic heterocycles. The number of aromatic nitrogens is 2. The molecule has 0 aliphatic rings. The summed E-state index contributed by atoms with van der Waals surface area (Å²) in [4.78, 5) is 3.88.